The minimum Gasteiger partial charge on any atom is -0.464 e. The van der Waals surface area contributed by atoms with Crippen LogP contribution in [0, 0.1) is 0 Å². The molecule has 0 unspecified atom stereocenters. The Morgan fingerprint density at radius 2 is 2.00 bits per heavy atom. The molecular formula is C15H19N3O3. The topological polar surface area (TPSA) is 66.2 Å². The first-order valence-electron chi connectivity index (χ1n) is 6.79. The highest BCUT2D eigenvalue weighted by Crippen LogP contribution is 2.10. The molecule has 1 aromatic heterocycles. The number of hydrogen-bond acceptors (Lipinski definition) is 5. The SMILES string of the molecule is COCc1c(C(=O)OC)nnn1CCCc1ccccc1. The second-order valence-electron chi connectivity index (χ2n) is 4.62. The van der Waals surface area contributed by atoms with Crippen molar-refractivity contribution in [3.63, 3.8) is 0 Å². The van der Waals surface area contributed by atoms with Crippen molar-refractivity contribution in [1.82, 2.24) is 15.0 Å². The van der Waals surface area contributed by atoms with Gasteiger partial charge in [-0.25, -0.2) is 9.48 Å². The first-order valence-corrected chi connectivity index (χ1v) is 6.79. The third-order valence-electron chi connectivity index (χ3n) is 3.18. The third kappa shape index (κ3) is 3.88. The molecule has 0 N–H and O–H groups in total. The zero-order chi connectivity index (χ0) is 15.1. The molecule has 0 aliphatic rings. The number of hydrogen-bond donors (Lipinski definition) is 0. The van der Waals surface area contributed by atoms with Gasteiger partial charge in [-0.3, -0.25) is 0 Å². The molecule has 0 fully saturated rings. The van der Waals surface area contributed by atoms with E-state index >= 15 is 0 Å². The lowest BCUT2D eigenvalue weighted by molar-refractivity contribution is 0.0588. The molecule has 6 heteroatoms. The lowest BCUT2D eigenvalue weighted by atomic mass is 10.1. The van der Waals surface area contributed by atoms with Crippen LogP contribution in [0.4, 0.5) is 0 Å². The Hall–Kier alpha value is -2.21. The van der Waals surface area contributed by atoms with E-state index in [2.05, 4.69) is 22.4 Å². The Bertz CT molecular complexity index is 581. The summed E-state index contributed by atoms with van der Waals surface area (Å²) in [6.45, 7) is 0.959. The van der Waals surface area contributed by atoms with Gasteiger partial charge < -0.3 is 9.47 Å². The first kappa shape index (κ1) is 15.2. The molecular weight excluding hydrogens is 270 g/mol. The molecule has 2 rings (SSSR count). The van der Waals surface area contributed by atoms with Crippen molar-refractivity contribution in [1.29, 1.82) is 0 Å². The largest absolute Gasteiger partial charge is 0.464 e. The summed E-state index contributed by atoms with van der Waals surface area (Å²) >= 11 is 0. The minimum absolute atomic E-state index is 0.221. The van der Waals surface area contributed by atoms with Crippen LogP contribution in [0.25, 0.3) is 0 Å². The van der Waals surface area contributed by atoms with Crippen molar-refractivity contribution in [3.8, 4) is 0 Å². The van der Waals surface area contributed by atoms with Crippen LogP contribution < -0.4 is 0 Å². The quantitative estimate of drug-likeness (QED) is 0.728. The van der Waals surface area contributed by atoms with Gasteiger partial charge in [0.15, 0.2) is 5.69 Å². The number of aryl methyl sites for hydroxylation is 2. The Balaban J connectivity index is 2.02. The summed E-state index contributed by atoms with van der Waals surface area (Å²) in [6, 6.07) is 10.2. The van der Waals surface area contributed by atoms with E-state index in [4.69, 9.17) is 9.47 Å². The van der Waals surface area contributed by atoms with Gasteiger partial charge >= 0.3 is 5.97 Å². The maximum Gasteiger partial charge on any atom is 0.360 e. The second kappa shape index (κ2) is 7.54. The summed E-state index contributed by atoms with van der Waals surface area (Å²) in [4.78, 5) is 11.6. The molecule has 0 aliphatic heterocycles. The number of esters is 1. The van der Waals surface area contributed by atoms with Crippen molar-refractivity contribution in [3.05, 3.63) is 47.3 Å². The van der Waals surface area contributed by atoms with Crippen LogP contribution in [0.1, 0.15) is 28.2 Å². The van der Waals surface area contributed by atoms with E-state index in [1.54, 1.807) is 11.8 Å². The zero-order valence-corrected chi connectivity index (χ0v) is 12.3. The van der Waals surface area contributed by atoms with E-state index in [1.807, 2.05) is 18.2 Å². The fourth-order valence-corrected chi connectivity index (χ4v) is 2.12. The van der Waals surface area contributed by atoms with E-state index in [0.717, 1.165) is 12.8 Å². The molecule has 0 spiro atoms. The highest BCUT2D eigenvalue weighted by atomic mass is 16.5. The van der Waals surface area contributed by atoms with Gasteiger partial charge in [-0.2, -0.15) is 0 Å². The number of nitrogens with zero attached hydrogens (tertiary/aromatic N) is 3. The molecule has 0 radical (unpaired) electrons. The van der Waals surface area contributed by atoms with Crippen molar-refractivity contribution >= 4 is 5.97 Å². The fourth-order valence-electron chi connectivity index (χ4n) is 2.12. The molecule has 1 heterocycles. The average molecular weight is 289 g/mol. The predicted octanol–water partition coefficient (Wildman–Crippen LogP) is 1.84. The Labute approximate surface area is 123 Å². The number of rotatable bonds is 7. The summed E-state index contributed by atoms with van der Waals surface area (Å²) in [5.41, 5.74) is 2.15. The van der Waals surface area contributed by atoms with E-state index < -0.39 is 5.97 Å². The van der Waals surface area contributed by atoms with Gasteiger partial charge in [0.05, 0.1) is 19.4 Å². The number of ether oxygens (including phenoxy) is 2. The summed E-state index contributed by atoms with van der Waals surface area (Å²) in [5.74, 6) is -0.489. The van der Waals surface area contributed by atoms with Gasteiger partial charge in [-0.1, -0.05) is 35.5 Å². The van der Waals surface area contributed by atoms with E-state index in [9.17, 15) is 4.79 Å². The molecule has 0 atom stereocenters. The van der Waals surface area contributed by atoms with Crippen molar-refractivity contribution in [2.75, 3.05) is 14.2 Å². The van der Waals surface area contributed by atoms with Crippen molar-refractivity contribution in [2.45, 2.75) is 26.0 Å². The summed E-state index contributed by atoms with van der Waals surface area (Å²) < 4.78 is 11.5. The van der Waals surface area contributed by atoms with Gasteiger partial charge in [0.2, 0.25) is 0 Å². The number of carbonyl (C=O) groups excluding carboxylic acids is 1. The number of benzene rings is 1. The smallest absolute Gasteiger partial charge is 0.360 e. The normalized spacial score (nSPS) is 10.6. The molecule has 0 aliphatic carbocycles. The highest BCUT2D eigenvalue weighted by molar-refractivity contribution is 5.88. The third-order valence-corrected chi connectivity index (χ3v) is 3.18. The Morgan fingerprint density at radius 3 is 2.67 bits per heavy atom. The Morgan fingerprint density at radius 1 is 1.24 bits per heavy atom. The second-order valence-corrected chi connectivity index (χ2v) is 4.62. The average Bonchev–Trinajstić information content (AvgIpc) is 2.91. The molecule has 2 aromatic rings. The van der Waals surface area contributed by atoms with Crippen LogP contribution in [0.15, 0.2) is 30.3 Å². The monoisotopic (exact) mass is 289 g/mol. The summed E-state index contributed by atoms with van der Waals surface area (Å²) in [5, 5.41) is 7.91. The minimum atomic E-state index is -0.489. The molecule has 1 aromatic carbocycles. The Kier molecular flexibility index (Phi) is 5.45. The van der Waals surface area contributed by atoms with Gasteiger partial charge in [-0.15, -0.1) is 5.10 Å². The molecule has 0 saturated heterocycles. The number of carbonyl (C=O) groups is 1. The van der Waals surface area contributed by atoms with Crippen LogP contribution >= 0.6 is 0 Å². The fraction of sp³-hybridized carbons (Fsp3) is 0.400. The number of aromatic nitrogens is 3. The van der Waals surface area contributed by atoms with Crippen LogP contribution in [-0.4, -0.2) is 35.2 Å². The lowest BCUT2D eigenvalue weighted by Crippen LogP contribution is -2.11. The van der Waals surface area contributed by atoms with Crippen LogP contribution in [-0.2, 0) is 29.0 Å². The van der Waals surface area contributed by atoms with Gasteiger partial charge in [0.1, 0.15) is 0 Å². The lowest BCUT2D eigenvalue weighted by Gasteiger charge is -2.07. The van der Waals surface area contributed by atoms with Gasteiger partial charge in [0.25, 0.3) is 0 Å². The first-order chi connectivity index (χ1) is 10.3. The van der Waals surface area contributed by atoms with E-state index in [1.165, 1.54) is 12.7 Å². The summed E-state index contributed by atoms with van der Waals surface area (Å²) in [7, 11) is 2.90. The molecule has 21 heavy (non-hydrogen) atoms. The summed E-state index contributed by atoms with van der Waals surface area (Å²) in [6.07, 6.45) is 1.85. The number of methoxy groups -OCH3 is 2. The van der Waals surface area contributed by atoms with Crippen molar-refractivity contribution in [2.24, 2.45) is 0 Å². The molecule has 112 valence electrons. The molecule has 6 nitrogen and oxygen atoms in total. The predicted molar refractivity (Wildman–Crippen MR) is 76.8 cm³/mol. The van der Waals surface area contributed by atoms with Gasteiger partial charge in [-0.05, 0) is 18.4 Å². The molecule has 0 saturated carbocycles. The van der Waals surface area contributed by atoms with Crippen LogP contribution in [0.5, 0.6) is 0 Å². The molecule has 0 bridgehead atoms. The highest BCUT2D eigenvalue weighted by Gasteiger charge is 2.19. The zero-order valence-electron chi connectivity index (χ0n) is 12.3. The van der Waals surface area contributed by atoms with E-state index in [0.29, 0.717) is 12.2 Å². The maximum atomic E-state index is 11.6. The maximum absolute atomic E-state index is 11.6. The van der Waals surface area contributed by atoms with Crippen LogP contribution in [0.2, 0.25) is 0 Å². The van der Waals surface area contributed by atoms with Crippen LogP contribution in [0.3, 0.4) is 0 Å². The molecule has 0 amide bonds. The standard InChI is InChI=1S/C15H19N3O3/c1-20-11-13-14(15(19)21-2)16-17-18(13)10-6-9-12-7-4-3-5-8-12/h3-5,7-8H,6,9-11H2,1-2H3. The van der Waals surface area contributed by atoms with Gasteiger partial charge in [0, 0.05) is 13.7 Å². The van der Waals surface area contributed by atoms with E-state index in [-0.39, 0.29) is 12.3 Å². The van der Waals surface area contributed by atoms with Crippen molar-refractivity contribution < 1.29 is 14.3 Å².